The standard InChI is InChI=1S/C15H22BrNO3/c1-10(6-11(2)18)9-17-15(19)8-12-7-13(16)4-5-14(12)20-3/h4-5,7,10-11,18H,6,8-9H2,1-3H3,(H,17,19). The number of ether oxygens (including phenoxy) is 1. The molecule has 2 N–H and O–H groups in total. The molecule has 1 aromatic rings. The predicted molar refractivity (Wildman–Crippen MR) is 82.9 cm³/mol. The van der Waals surface area contributed by atoms with E-state index in [-0.39, 0.29) is 24.3 Å². The molecule has 0 heterocycles. The Morgan fingerprint density at radius 3 is 2.75 bits per heavy atom. The van der Waals surface area contributed by atoms with Crippen LogP contribution in [0.1, 0.15) is 25.8 Å². The zero-order valence-electron chi connectivity index (χ0n) is 12.1. The molecule has 0 aromatic heterocycles. The second-order valence-electron chi connectivity index (χ2n) is 5.13. The van der Waals surface area contributed by atoms with Crippen LogP contribution in [0.4, 0.5) is 0 Å². The predicted octanol–water partition coefficient (Wildman–Crippen LogP) is 2.52. The molecule has 0 bridgehead atoms. The van der Waals surface area contributed by atoms with Crippen LogP contribution in [0.3, 0.4) is 0 Å². The van der Waals surface area contributed by atoms with Gasteiger partial charge in [-0.25, -0.2) is 0 Å². The van der Waals surface area contributed by atoms with Crippen molar-refractivity contribution in [2.45, 2.75) is 32.8 Å². The number of benzene rings is 1. The van der Waals surface area contributed by atoms with E-state index >= 15 is 0 Å². The molecule has 1 aromatic carbocycles. The fraction of sp³-hybridized carbons (Fsp3) is 0.533. The number of nitrogens with one attached hydrogen (secondary N) is 1. The number of hydrogen-bond donors (Lipinski definition) is 2. The summed E-state index contributed by atoms with van der Waals surface area (Å²) in [6.07, 6.45) is 0.622. The van der Waals surface area contributed by atoms with Gasteiger partial charge in [-0.15, -0.1) is 0 Å². The van der Waals surface area contributed by atoms with Gasteiger partial charge < -0.3 is 15.2 Å². The number of rotatable bonds is 7. The Morgan fingerprint density at radius 2 is 2.15 bits per heavy atom. The molecule has 2 atom stereocenters. The van der Waals surface area contributed by atoms with Gasteiger partial charge in [0, 0.05) is 16.6 Å². The highest BCUT2D eigenvalue weighted by molar-refractivity contribution is 9.10. The Bertz CT molecular complexity index is 449. The van der Waals surface area contributed by atoms with Crippen LogP contribution in [0.25, 0.3) is 0 Å². The molecule has 4 nitrogen and oxygen atoms in total. The summed E-state index contributed by atoms with van der Waals surface area (Å²) in [5, 5.41) is 12.2. The van der Waals surface area contributed by atoms with Crippen LogP contribution in [0.15, 0.2) is 22.7 Å². The minimum Gasteiger partial charge on any atom is -0.496 e. The molecule has 0 aliphatic carbocycles. The molecule has 0 radical (unpaired) electrons. The third-order valence-electron chi connectivity index (χ3n) is 2.98. The van der Waals surface area contributed by atoms with Crippen LogP contribution in [0.2, 0.25) is 0 Å². The lowest BCUT2D eigenvalue weighted by molar-refractivity contribution is -0.120. The summed E-state index contributed by atoms with van der Waals surface area (Å²) in [6, 6.07) is 5.60. The lowest BCUT2D eigenvalue weighted by Crippen LogP contribution is -2.30. The summed E-state index contributed by atoms with van der Waals surface area (Å²) in [5.41, 5.74) is 0.850. The van der Waals surface area contributed by atoms with Crippen molar-refractivity contribution in [3.05, 3.63) is 28.2 Å². The van der Waals surface area contributed by atoms with Crippen LogP contribution in [-0.2, 0) is 11.2 Å². The Morgan fingerprint density at radius 1 is 1.45 bits per heavy atom. The minimum absolute atomic E-state index is 0.0427. The van der Waals surface area contributed by atoms with Crippen LogP contribution in [0, 0.1) is 5.92 Å². The van der Waals surface area contributed by atoms with Gasteiger partial charge in [0.1, 0.15) is 5.75 Å². The Balaban J connectivity index is 2.52. The van der Waals surface area contributed by atoms with E-state index in [1.54, 1.807) is 14.0 Å². The Labute approximate surface area is 128 Å². The van der Waals surface area contributed by atoms with Crippen molar-refractivity contribution in [3.63, 3.8) is 0 Å². The molecule has 0 saturated heterocycles. The molecular weight excluding hydrogens is 322 g/mol. The van der Waals surface area contributed by atoms with Crippen LogP contribution in [-0.4, -0.2) is 30.8 Å². The van der Waals surface area contributed by atoms with Crippen molar-refractivity contribution in [3.8, 4) is 5.75 Å². The van der Waals surface area contributed by atoms with Crippen molar-refractivity contribution in [1.29, 1.82) is 0 Å². The molecule has 1 rings (SSSR count). The third kappa shape index (κ3) is 5.92. The lowest BCUT2D eigenvalue weighted by Gasteiger charge is -2.15. The third-order valence-corrected chi connectivity index (χ3v) is 3.48. The summed E-state index contributed by atoms with van der Waals surface area (Å²) in [5.74, 6) is 0.919. The number of halogens is 1. The van der Waals surface area contributed by atoms with Gasteiger partial charge in [0.2, 0.25) is 5.91 Å². The smallest absolute Gasteiger partial charge is 0.224 e. The zero-order valence-corrected chi connectivity index (χ0v) is 13.7. The maximum absolute atomic E-state index is 11.9. The molecule has 0 fully saturated rings. The monoisotopic (exact) mass is 343 g/mol. The van der Waals surface area contributed by atoms with E-state index in [0.29, 0.717) is 18.7 Å². The van der Waals surface area contributed by atoms with Crippen molar-refractivity contribution in [2.24, 2.45) is 5.92 Å². The number of methoxy groups -OCH3 is 1. The van der Waals surface area contributed by atoms with Gasteiger partial charge in [-0.3, -0.25) is 4.79 Å². The first-order valence-corrected chi connectivity index (χ1v) is 7.48. The fourth-order valence-corrected chi connectivity index (χ4v) is 2.48. The van der Waals surface area contributed by atoms with Gasteiger partial charge in [-0.1, -0.05) is 22.9 Å². The summed E-state index contributed by atoms with van der Waals surface area (Å²) in [4.78, 5) is 11.9. The van der Waals surface area contributed by atoms with E-state index in [1.165, 1.54) is 0 Å². The lowest BCUT2D eigenvalue weighted by atomic mass is 10.0. The van der Waals surface area contributed by atoms with E-state index in [2.05, 4.69) is 21.2 Å². The van der Waals surface area contributed by atoms with Crippen molar-refractivity contribution in [1.82, 2.24) is 5.32 Å². The van der Waals surface area contributed by atoms with Crippen molar-refractivity contribution < 1.29 is 14.6 Å². The van der Waals surface area contributed by atoms with E-state index < -0.39 is 0 Å². The van der Waals surface area contributed by atoms with Gasteiger partial charge >= 0.3 is 0 Å². The average Bonchev–Trinajstić information content (AvgIpc) is 2.36. The summed E-state index contributed by atoms with van der Waals surface area (Å²) < 4.78 is 6.17. The fourth-order valence-electron chi connectivity index (χ4n) is 2.07. The molecule has 20 heavy (non-hydrogen) atoms. The van der Waals surface area contributed by atoms with Gasteiger partial charge in [0.15, 0.2) is 0 Å². The molecule has 2 unspecified atom stereocenters. The first kappa shape index (κ1) is 17.0. The van der Waals surface area contributed by atoms with Gasteiger partial charge in [0.25, 0.3) is 0 Å². The second-order valence-corrected chi connectivity index (χ2v) is 6.04. The Hall–Kier alpha value is -1.07. The number of hydrogen-bond acceptors (Lipinski definition) is 3. The van der Waals surface area contributed by atoms with Crippen LogP contribution >= 0.6 is 15.9 Å². The van der Waals surface area contributed by atoms with Gasteiger partial charge in [0.05, 0.1) is 19.6 Å². The van der Waals surface area contributed by atoms with Gasteiger partial charge in [-0.2, -0.15) is 0 Å². The van der Waals surface area contributed by atoms with Crippen molar-refractivity contribution >= 4 is 21.8 Å². The summed E-state index contributed by atoms with van der Waals surface area (Å²) >= 11 is 3.39. The van der Waals surface area contributed by atoms with Crippen LogP contribution in [0.5, 0.6) is 5.75 Å². The molecule has 0 saturated carbocycles. The van der Waals surface area contributed by atoms with E-state index in [0.717, 1.165) is 10.0 Å². The Kier molecular flexibility index (Phi) is 7.02. The minimum atomic E-state index is -0.341. The average molecular weight is 344 g/mol. The molecule has 5 heteroatoms. The molecule has 0 spiro atoms. The number of aliphatic hydroxyl groups is 1. The SMILES string of the molecule is COc1ccc(Br)cc1CC(=O)NCC(C)CC(C)O. The van der Waals surface area contributed by atoms with E-state index in [9.17, 15) is 9.90 Å². The number of aliphatic hydroxyl groups excluding tert-OH is 1. The molecule has 112 valence electrons. The number of carbonyl (C=O) groups is 1. The van der Waals surface area contributed by atoms with Gasteiger partial charge in [-0.05, 0) is 37.5 Å². The summed E-state index contributed by atoms with van der Waals surface area (Å²) in [7, 11) is 1.59. The number of amides is 1. The first-order valence-electron chi connectivity index (χ1n) is 6.69. The largest absolute Gasteiger partial charge is 0.496 e. The normalized spacial score (nSPS) is 13.7. The molecule has 0 aliphatic rings. The number of carbonyl (C=O) groups excluding carboxylic acids is 1. The highest BCUT2D eigenvalue weighted by Crippen LogP contribution is 2.23. The molecule has 1 amide bonds. The van der Waals surface area contributed by atoms with E-state index in [4.69, 9.17) is 4.74 Å². The topological polar surface area (TPSA) is 58.6 Å². The van der Waals surface area contributed by atoms with Crippen molar-refractivity contribution in [2.75, 3.05) is 13.7 Å². The second kappa shape index (κ2) is 8.27. The maximum Gasteiger partial charge on any atom is 0.224 e. The highest BCUT2D eigenvalue weighted by atomic mass is 79.9. The van der Waals surface area contributed by atoms with Crippen LogP contribution < -0.4 is 10.1 Å². The highest BCUT2D eigenvalue weighted by Gasteiger charge is 2.11. The quantitative estimate of drug-likeness (QED) is 0.799. The molecular formula is C15H22BrNO3. The van der Waals surface area contributed by atoms with E-state index in [1.807, 2.05) is 25.1 Å². The first-order chi connectivity index (χ1) is 9.42. The molecule has 0 aliphatic heterocycles. The maximum atomic E-state index is 11.9. The summed E-state index contributed by atoms with van der Waals surface area (Å²) in [6.45, 7) is 4.33. The zero-order chi connectivity index (χ0) is 15.1.